The molecule has 1 aliphatic rings. The van der Waals surface area contributed by atoms with Crippen molar-refractivity contribution in [1.82, 2.24) is 10.3 Å². The lowest BCUT2D eigenvalue weighted by Gasteiger charge is -2.12. The van der Waals surface area contributed by atoms with E-state index in [-0.39, 0.29) is 5.91 Å². The molecule has 1 aliphatic heterocycles. The van der Waals surface area contributed by atoms with Crippen LogP contribution in [0.4, 0.5) is 5.82 Å². The lowest BCUT2D eigenvalue weighted by Crippen LogP contribution is -2.30. The van der Waals surface area contributed by atoms with Crippen molar-refractivity contribution in [1.29, 1.82) is 0 Å². The Balaban J connectivity index is 1.94. The Bertz CT molecular complexity index is 403. The van der Waals surface area contributed by atoms with Gasteiger partial charge in [-0.3, -0.25) is 4.79 Å². The number of hydrogen-bond donors (Lipinski definition) is 2. The Hall–Kier alpha value is -1.62. The number of amides is 1. The van der Waals surface area contributed by atoms with Gasteiger partial charge in [-0.1, -0.05) is 0 Å². The highest BCUT2D eigenvalue weighted by molar-refractivity contribution is 5.98. The van der Waals surface area contributed by atoms with E-state index in [4.69, 9.17) is 4.74 Å². The molecule has 0 aliphatic carbocycles. The van der Waals surface area contributed by atoms with Crippen LogP contribution in [0.15, 0.2) is 18.3 Å². The first kappa shape index (κ1) is 12.8. The molecular formula is C13H19N3O2. The minimum absolute atomic E-state index is 0.0778. The average molecular weight is 249 g/mol. The maximum atomic E-state index is 12.1. The van der Waals surface area contributed by atoms with Crippen molar-refractivity contribution >= 4 is 11.7 Å². The van der Waals surface area contributed by atoms with Crippen molar-refractivity contribution < 1.29 is 9.53 Å². The fourth-order valence-electron chi connectivity index (χ4n) is 1.97. The number of aromatic nitrogens is 1. The molecule has 1 aromatic heterocycles. The fraction of sp³-hybridized carbons (Fsp3) is 0.538. The van der Waals surface area contributed by atoms with Crippen LogP contribution in [0.25, 0.3) is 0 Å². The normalized spacial score (nSPS) is 18.6. The molecule has 0 bridgehead atoms. The van der Waals surface area contributed by atoms with Crippen LogP contribution in [0.3, 0.4) is 0 Å². The lowest BCUT2D eigenvalue weighted by atomic mass is 10.1. The van der Waals surface area contributed by atoms with Gasteiger partial charge in [-0.25, -0.2) is 4.98 Å². The summed E-state index contributed by atoms with van der Waals surface area (Å²) in [4.78, 5) is 16.2. The number of carbonyl (C=O) groups is 1. The predicted molar refractivity (Wildman–Crippen MR) is 69.7 cm³/mol. The number of anilines is 1. The van der Waals surface area contributed by atoms with Crippen molar-refractivity contribution in [3.63, 3.8) is 0 Å². The molecule has 98 valence electrons. The second-order valence-electron chi connectivity index (χ2n) is 4.37. The molecular weight excluding hydrogens is 230 g/mol. The van der Waals surface area contributed by atoms with Gasteiger partial charge in [0.2, 0.25) is 0 Å². The van der Waals surface area contributed by atoms with Gasteiger partial charge in [0, 0.05) is 31.8 Å². The summed E-state index contributed by atoms with van der Waals surface area (Å²) >= 11 is 0. The first-order valence-electron chi connectivity index (χ1n) is 6.36. The molecule has 1 saturated heterocycles. The lowest BCUT2D eigenvalue weighted by molar-refractivity contribution is 0.0945. The van der Waals surface area contributed by atoms with E-state index in [0.717, 1.165) is 26.2 Å². The van der Waals surface area contributed by atoms with Gasteiger partial charge >= 0.3 is 0 Å². The maximum Gasteiger partial charge on any atom is 0.255 e. The summed E-state index contributed by atoms with van der Waals surface area (Å²) in [6.07, 6.45) is 2.70. The van der Waals surface area contributed by atoms with Crippen LogP contribution in [-0.4, -0.2) is 37.2 Å². The smallest absolute Gasteiger partial charge is 0.255 e. The summed E-state index contributed by atoms with van der Waals surface area (Å²) in [6, 6.07) is 3.56. The minimum atomic E-state index is -0.0778. The van der Waals surface area contributed by atoms with E-state index in [0.29, 0.717) is 23.8 Å². The molecule has 1 aromatic rings. The molecule has 2 rings (SSSR count). The monoisotopic (exact) mass is 249 g/mol. The van der Waals surface area contributed by atoms with E-state index in [2.05, 4.69) is 15.6 Å². The largest absolute Gasteiger partial charge is 0.381 e. The number of rotatable bonds is 5. The van der Waals surface area contributed by atoms with E-state index in [1.54, 1.807) is 18.3 Å². The standard InChI is InChI=1S/C13H19N3O2/c1-2-14-12-11(4-3-6-15-12)13(17)16-8-10-5-7-18-9-10/h3-4,6,10H,2,5,7-9H2,1H3,(H,14,15)(H,16,17). The van der Waals surface area contributed by atoms with Gasteiger partial charge in [0.15, 0.2) is 0 Å². The van der Waals surface area contributed by atoms with Gasteiger partial charge in [-0.15, -0.1) is 0 Å². The molecule has 18 heavy (non-hydrogen) atoms. The Morgan fingerprint density at radius 2 is 2.50 bits per heavy atom. The topological polar surface area (TPSA) is 63.2 Å². The van der Waals surface area contributed by atoms with E-state index >= 15 is 0 Å². The van der Waals surface area contributed by atoms with Crippen LogP contribution in [0.1, 0.15) is 23.7 Å². The fourth-order valence-corrected chi connectivity index (χ4v) is 1.97. The van der Waals surface area contributed by atoms with Crippen LogP contribution in [0, 0.1) is 5.92 Å². The number of pyridine rings is 1. The zero-order valence-electron chi connectivity index (χ0n) is 10.6. The molecule has 0 aromatic carbocycles. The van der Waals surface area contributed by atoms with Crippen LogP contribution in [0.2, 0.25) is 0 Å². The first-order chi connectivity index (χ1) is 8.81. The molecule has 2 N–H and O–H groups in total. The third-order valence-electron chi connectivity index (χ3n) is 2.97. The number of nitrogens with one attached hydrogen (secondary N) is 2. The third kappa shape index (κ3) is 3.20. The van der Waals surface area contributed by atoms with E-state index in [9.17, 15) is 4.79 Å². The highest BCUT2D eigenvalue weighted by Gasteiger charge is 2.18. The zero-order valence-corrected chi connectivity index (χ0v) is 10.6. The summed E-state index contributed by atoms with van der Waals surface area (Å²) < 4.78 is 5.28. The Morgan fingerprint density at radius 3 is 3.22 bits per heavy atom. The Labute approximate surface area is 107 Å². The second kappa shape index (κ2) is 6.35. The average Bonchev–Trinajstić information content (AvgIpc) is 2.90. The highest BCUT2D eigenvalue weighted by Crippen LogP contribution is 2.13. The maximum absolute atomic E-state index is 12.1. The summed E-state index contributed by atoms with van der Waals surface area (Å²) in [7, 11) is 0. The van der Waals surface area contributed by atoms with Gasteiger partial charge in [0.1, 0.15) is 5.82 Å². The van der Waals surface area contributed by atoms with Crippen molar-refractivity contribution in [3.8, 4) is 0 Å². The number of ether oxygens (including phenoxy) is 1. The number of carbonyl (C=O) groups excluding carboxylic acids is 1. The molecule has 0 spiro atoms. The number of nitrogens with zero attached hydrogens (tertiary/aromatic N) is 1. The molecule has 2 heterocycles. The predicted octanol–water partition coefficient (Wildman–Crippen LogP) is 1.28. The highest BCUT2D eigenvalue weighted by atomic mass is 16.5. The van der Waals surface area contributed by atoms with Gasteiger partial charge in [0.25, 0.3) is 5.91 Å². The number of hydrogen-bond acceptors (Lipinski definition) is 4. The molecule has 1 amide bonds. The molecule has 5 nitrogen and oxygen atoms in total. The minimum Gasteiger partial charge on any atom is -0.381 e. The first-order valence-corrected chi connectivity index (χ1v) is 6.36. The molecule has 5 heteroatoms. The summed E-state index contributed by atoms with van der Waals surface area (Å²) in [5.74, 6) is 0.999. The second-order valence-corrected chi connectivity index (χ2v) is 4.37. The summed E-state index contributed by atoms with van der Waals surface area (Å²) in [6.45, 7) is 4.93. The van der Waals surface area contributed by atoms with E-state index in [1.807, 2.05) is 6.92 Å². The van der Waals surface area contributed by atoms with Gasteiger partial charge in [-0.2, -0.15) is 0 Å². The van der Waals surface area contributed by atoms with Gasteiger partial charge in [-0.05, 0) is 25.5 Å². The molecule has 1 atom stereocenters. The Kier molecular flexibility index (Phi) is 4.52. The van der Waals surface area contributed by atoms with Gasteiger partial charge in [0.05, 0.1) is 12.2 Å². The molecule has 1 fully saturated rings. The zero-order chi connectivity index (χ0) is 12.8. The van der Waals surface area contributed by atoms with Crippen LogP contribution in [-0.2, 0) is 4.74 Å². The van der Waals surface area contributed by atoms with Crippen molar-refractivity contribution in [2.24, 2.45) is 5.92 Å². The van der Waals surface area contributed by atoms with Crippen molar-refractivity contribution in [2.75, 3.05) is 31.6 Å². The summed E-state index contributed by atoms with van der Waals surface area (Å²) in [5, 5.41) is 6.03. The van der Waals surface area contributed by atoms with Crippen LogP contribution in [0.5, 0.6) is 0 Å². The van der Waals surface area contributed by atoms with Crippen molar-refractivity contribution in [2.45, 2.75) is 13.3 Å². The van der Waals surface area contributed by atoms with Crippen LogP contribution >= 0.6 is 0 Å². The Morgan fingerprint density at radius 1 is 1.61 bits per heavy atom. The SMILES string of the molecule is CCNc1ncccc1C(=O)NCC1CCOC1. The van der Waals surface area contributed by atoms with E-state index < -0.39 is 0 Å². The van der Waals surface area contributed by atoms with E-state index in [1.165, 1.54) is 0 Å². The molecule has 0 radical (unpaired) electrons. The third-order valence-corrected chi connectivity index (χ3v) is 2.97. The molecule has 1 unspecified atom stereocenters. The quantitative estimate of drug-likeness (QED) is 0.825. The summed E-state index contributed by atoms with van der Waals surface area (Å²) in [5.41, 5.74) is 0.596. The van der Waals surface area contributed by atoms with Crippen molar-refractivity contribution in [3.05, 3.63) is 23.9 Å². The van der Waals surface area contributed by atoms with Crippen LogP contribution < -0.4 is 10.6 Å². The molecule has 0 saturated carbocycles. The van der Waals surface area contributed by atoms with Gasteiger partial charge < -0.3 is 15.4 Å².